The number of methoxy groups -OCH3 is 2. The Kier molecular flexibility index (Phi) is 3.33. The number of carboxylic acid groups (broad SMARTS) is 1. The number of carboxylic acids is 1. The molecule has 19 heavy (non-hydrogen) atoms. The molecule has 1 heterocycles. The molecule has 0 saturated carbocycles. The predicted molar refractivity (Wildman–Crippen MR) is 69.9 cm³/mol. The molecule has 6 heteroatoms. The normalized spacial score (nSPS) is 12.4. The van der Waals surface area contributed by atoms with Crippen molar-refractivity contribution < 1.29 is 19.4 Å². The molecular formula is C13H16N2O4. The Bertz CT molecular complexity index is 633. The van der Waals surface area contributed by atoms with E-state index in [9.17, 15) is 4.79 Å². The monoisotopic (exact) mass is 264 g/mol. The van der Waals surface area contributed by atoms with Gasteiger partial charge in [-0.2, -0.15) is 0 Å². The van der Waals surface area contributed by atoms with Crippen molar-refractivity contribution >= 4 is 17.0 Å². The van der Waals surface area contributed by atoms with Gasteiger partial charge in [-0.15, -0.1) is 0 Å². The van der Waals surface area contributed by atoms with E-state index in [2.05, 4.69) is 4.98 Å². The van der Waals surface area contributed by atoms with E-state index in [-0.39, 0.29) is 0 Å². The van der Waals surface area contributed by atoms with Gasteiger partial charge in [-0.25, -0.2) is 9.78 Å². The summed E-state index contributed by atoms with van der Waals surface area (Å²) in [4.78, 5) is 15.5. The third kappa shape index (κ3) is 2.09. The van der Waals surface area contributed by atoms with E-state index < -0.39 is 12.0 Å². The third-order valence-electron chi connectivity index (χ3n) is 3.12. The van der Waals surface area contributed by atoms with Gasteiger partial charge in [-0.3, -0.25) is 0 Å². The van der Waals surface area contributed by atoms with Crippen LogP contribution in [0.15, 0.2) is 12.1 Å². The molecule has 0 radical (unpaired) electrons. The van der Waals surface area contributed by atoms with Crippen LogP contribution >= 0.6 is 0 Å². The van der Waals surface area contributed by atoms with Crippen LogP contribution in [-0.4, -0.2) is 34.8 Å². The van der Waals surface area contributed by atoms with Crippen molar-refractivity contribution in [1.29, 1.82) is 0 Å². The average Bonchev–Trinajstić information content (AvgIpc) is 2.70. The first-order chi connectivity index (χ1) is 8.99. The maximum absolute atomic E-state index is 11.2. The molecule has 2 aromatic rings. The molecule has 0 aliphatic rings. The van der Waals surface area contributed by atoms with Crippen LogP contribution in [0.3, 0.4) is 0 Å². The second kappa shape index (κ2) is 4.79. The molecule has 2 rings (SSSR count). The minimum atomic E-state index is -0.905. The lowest BCUT2D eigenvalue weighted by molar-refractivity contribution is -0.140. The van der Waals surface area contributed by atoms with E-state index in [1.165, 1.54) is 7.11 Å². The molecule has 102 valence electrons. The van der Waals surface area contributed by atoms with Gasteiger partial charge < -0.3 is 19.1 Å². The summed E-state index contributed by atoms with van der Waals surface area (Å²) >= 11 is 0. The van der Waals surface area contributed by atoms with E-state index in [0.29, 0.717) is 28.4 Å². The summed E-state index contributed by atoms with van der Waals surface area (Å²) in [6.07, 6.45) is 0. The van der Waals surface area contributed by atoms with Gasteiger partial charge in [0.1, 0.15) is 11.9 Å². The van der Waals surface area contributed by atoms with Crippen LogP contribution in [-0.2, 0) is 4.79 Å². The van der Waals surface area contributed by atoms with Gasteiger partial charge in [-0.1, -0.05) is 0 Å². The Hall–Kier alpha value is -2.24. The van der Waals surface area contributed by atoms with Gasteiger partial charge >= 0.3 is 5.97 Å². The molecule has 0 aliphatic carbocycles. The molecule has 0 saturated heterocycles. The zero-order chi connectivity index (χ0) is 14.2. The second-order valence-corrected chi connectivity index (χ2v) is 4.24. The average molecular weight is 264 g/mol. The Morgan fingerprint density at radius 2 is 1.89 bits per heavy atom. The van der Waals surface area contributed by atoms with Crippen LogP contribution in [0.1, 0.15) is 18.8 Å². The highest BCUT2D eigenvalue weighted by atomic mass is 16.5. The molecular weight excluding hydrogens is 248 g/mol. The Labute approximate surface area is 110 Å². The van der Waals surface area contributed by atoms with Crippen molar-refractivity contribution in [2.45, 2.75) is 19.9 Å². The van der Waals surface area contributed by atoms with Crippen LogP contribution in [0.4, 0.5) is 0 Å². The number of rotatable bonds is 4. The Morgan fingerprint density at radius 1 is 1.32 bits per heavy atom. The van der Waals surface area contributed by atoms with Crippen molar-refractivity contribution in [2.24, 2.45) is 0 Å². The van der Waals surface area contributed by atoms with Gasteiger partial charge in [0.15, 0.2) is 11.5 Å². The highest BCUT2D eigenvalue weighted by Crippen LogP contribution is 2.33. The summed E-state index contributed by atoms with van der Waals surface area (Å²) in [5.74, 6) is 0.855. The van der Waals surface area contributed by atoms with E-state index in [1.807, 2.05) is 0 Å². The van der Waals surface area contributed by atoms with Crippen LogP contribution in [0.5, 0.6) is 11.5 Å². The fourth-order valence-electron chi connectivity index (χ4n) is 2.14. The largest absolute Gasteiger partial charge is 0.493 e. The number of imidazole rings is 1. The van der Waals surface area contributed by atoms with E-state index >= 15 is 0 Å². The summed E-state index contributed by atoms with van der Waals surface area (Å²) < 4.78 is 12.1. The molecule has 1 N–H and O–H groups in total. The van der Waals surface area contributed by atoms with Crippen LogP contribution < -0.4 is 9.47 Å². The van der Waals surface area contributed by atoms with Crippen LogP contribution in [0.25, 0.3) is 11.0 Å². The second-order valence-electron chi connectivity index (χ2n) is 4.24. The minimum Gasteiger partial charge on any atom is -0.493 e. The highest BCUT2D eigenvalue weighted by Gasteiger charge is 2.20. The molecule has 0 bridgehead atoms. The Morgan fingerprint density at radius 3 is 2.42 bits per heavy atom. The standard InChI is InChI=1S/C13H16N2O4/c1-7(13(16)17)15-8(2)14-9-5-11(18-3)12(19-4)6-10(9)15/h5-7H,1-4H3,(H,16,17). The lowest BCUT2D eigenvalue weighted by atomic mass is 10.2. The molecule has 1 unspecified atom stereocenters. The summed E-state index contributed by atoms with van der Waals surface area (Å²) in [6.45, 7) is 3.39. The fraction of sp³-hybridized carbons (Fsp3) is 0.385. The number of aliphatic carboxylic acids is 1. The van der Waals surface area contributed by atoms with Gasteiger partial charge in [0, 0.05) is 12.1 Å². The first-order valence-corrected chi connectivity index (χ1v) is 5.83. The molecule has 1 aromatic carbocycles. The van der Waals surface area contributed by atoms with E-state index in [0.717, 1.165) is 0 Å². The first-order valence-electron chi connectivity index (χ1n) is 5.83. The number of aromatic nitrogens is 2. The topological polar surface area (TPSA) is 73.6 Å². The lowest BCUT2D eigenvalue weighted by Gasteiger charge is -2.13. The molecule has 0 fully saturated rings. The number of carbonyl (C=O) groups is 1. The van der Waals surface area contributed by atoms with E-state index in [4.69, 9.17) is 14.6 Å². The number of nitrogens with zero attached hydrogens (tertiary/aromatic N) is 2. The van der Waals surface area contributed by atoms with Gasteiger partial charge in [0.05, 0.1) is 25.3 Å². The number of hydrogen-bond acceptors (Lipinski definition) is 4. The highest BCUT2D eigenvalue weighted by molar-refractivity contribution is 5.83. The third-order valence-corrected chi connectivity index (χ3v) is 3.12. The SMILES string of the molecule is COc1cc2nc(C)n(C(C)C(=O)O)c2cc1OC. The number of benzene rings is 1. The molecule has 0 spiro atoms. The molecule has 1 atom stereocenters. The van der Waals surface area contributed by atoms with Gasteiger partial charge in [-0.05, 0) is 13.8 Å². The lowest BCUT2D eigenvalue weighted by Crippen LogP contribution is -2.16. The summed E-state index contributed by atoms with van der Waals surface area (Å²) in [5, 5.41) is 9.16. The number of hydrogen-bond donors (Lipinski definition) is 1. The van der Waals surface area contributed by atoms with Crippen molar-refractivity contribution in [2.75, 3.05) is 14.2 Å². The smallest absolute Gasteiger partial charge is 0.326 e. The first kappa shape index (κ1) is 13.2. The summed E-state index contributed by atoms with van der Waals surface area (Å²) in [5.41, 5.74) is 1.40. The molecule has 0 amide bonds. The van der Waals surface area contributed by atoms with Gasteiger partial charge in [0.25, 0.3) is 0 Å². The quantitative estimate of drug-likeness (QED) is 0.914. The van der Waals surface area contributed by atoms with Crippen molar-refractivity contribution in [3.63, 3.8) is 0 Å². The zero-order valence-corrected chi connectivity index (χ0v) is 11.3. The van der Waals surface area contributed by atoms with E-state index in [1.54, 1.807) is 37.7 Å². The molecule has 0 aliphatic heterocycles. The van der Waals surface area contributed by atoms with Crippen molar-refractivity contribution in [3.8, 4) is 11.5 Å². The predicted octanol–water partition coefficient (Wildman–Crippen LogP) is 2.01. The number of aryl methyl sites for hydroxylation is 1. The number of fused-ring (bicyclic) bond motifs is 1. The fourth-order valence-corrected chi connectivity index (χ4v) is 2.14. The summed E-state index contributed by atoms with van der Waals surface area (Å²) in [7, 11) is 3.09. The maximum atomic E-state index is 11.2. The minimum absolute atomic E-state index is 0.550. The Balaban J connectivity index is 2.72. The summed E-state index contributed by atoms with van der Waals surface area (Å²) in [6, 6.07) is 2.79. The molecule has 1 aromatic heterocycles. The van der Waals surface area contributed by atoms with Crippen LogP contribution in [0.2, 0.25) is 0 Å². The zero-order valence-electron chi connectivity index (χ0n) is 11.3. The number of ether oxygens (including phenoxy) is 2. The maximum Gasteiger partial charge on any atom is 0.326 e. The van der Waals surface area contributed by atoms with Gasteiger partial charge in [0.2, 0.25) is 0 Å². The van der Waals surface area contributed by atoms with Crippen molar-refractivity contribution in [1.82, 2.24) is 9.55 Å². The van der Waals surface area contributed by atoms with Crippen LogP contribution in [0, 0.1) is 6.92 Å². The molecule has 6 nitrogen and oxygen atoms in total. The van der Waals surface area contributed by atoms with Crippen molar-refractivity contribution in [3.05, 3.63) is 18.0 Å².